The van der Waals surface area contributed by atoms with E-state index < -0.39 is 0 Å². The van der Waals surface area contributed by atoms with Crippen molar-refractivity contribution < 1.29 is 19.0 Å². The molecule has 0 atom stereocenters. The van der Waals surface area contributed by atoms with Crippen LogP contribution in [0.5, 0.6) is 11.5 Å². The van der Waals surface area contributed by atoms with Gasteiger partial charge in [0.25, 0.3) is 0 Å². The van der Waals surface area contributed by atoms with Crippen molar-refractivity contribution in [1.29, 1.82) is 0 Å². The first-order valence-electron chi connectivity index (χ1n) is 8.04. The molecule has 0 saturated carbocycles. The van der Waals surface area contributed by atoms with Crippen LogP contribution in [0.25, 0.3) is 0 Å². The Morgan fingerprint density at radius 1 is 1.00 bits per heavy atom. The van der Waals surface area contributed by atoms with E-state index >= 15 is 0 Å². The maximum Gasteiger partial charge on any atom is 0.250 e. The van der Waals surface area contributed by atoms with Crippen LogP contribution >= 0.6 is 0 Å². The Hall–Kier alpha value is -2.53. The first kappa shape index (κ1) is 17.8. The van der Waals surface area contributed by atoms with Gasteiger partial charge in [-0.25, -0.2) is 0 Å². The summed E-state index contributed by atoms with van der Waals surface area (Å²) >= 11 is 0. The summed E-state index contributed by atoms with van der Waals surface area (Å²) in [5, 5.41) is 2.81. The molecule has 0 aliphatic rings. The first-order chi connectivity index (χ1) is 11.7. The Kier molecular flexibility index (Phi) is 7.11. The van der Waals surface area contributed by atoms with E-state index in [1.54, 1.807) is 12.1 Å². The summed E-state index contributed by atoms with van der Waals surface area (Å²) in [5.74, 6) is 1.05. The topological polar surface area (TPSA) is 56.8 Å². The quantitative estimate of drug-likeness (QED) is 0.763. The zero-order valence-electron chi connectivity index (χ0n) is 14.1. The smallest absolute Gasteiger partial charge is 0.250 e. The molecule has 1 amide bonds. The van der Waals surface area contributed by atoms with Crippen LogP contribution in [-0.2, 0) is 16.1 Å². The van der Waals surface area contributed by atoms with E-state index in [-0.39, 0.29) is 12.5 Å². The summed E-state index contributed by atoms with van der Waals surface area (Å²) in [6, 6.07) is 15.1. The largest absolute Gasteiger partial charge is 0.494 e. The van der Waals surface area contributed by atoms with Gasteiger partial charge >= 0.3 is 0 Å². The number of ether oxygens (including phenoxy) is 3. The average molecular weight is 329 g/mol. The number of amides is 1. The summed E-state index contributed by atoms with van der Waals surface area (Å²) in [6.07, 6.45) is 0. The molecule has 0 aliphatic heterocycles. The van der Waals surface area contributed by atoms with E-state index in [1.165, 1.54) is 0 Å². The molecular weight excluding hydrogens is 306 g/mol. The van der Waals surface area contributed by atoms with Crippen LogP contribution in [0.3, 0.4) is 0 Å². The number of carbonyl (C=O) groups is 1. The number of nitrogens with one attached hydrogen (secondary N) is 1. The van der Waals surface area contributed by atoms with Crippen molar-refractivity contribution in [2.24, 2.45) is 0 Å². The molecule has 0 aromatic heterocycles. The van der Waals surface area contributed by atoms with Gasteiger partial charge in [0.2, 0.25) is 5.91 Å². The Balaban J connectivity index is 1.92. The third kappa shape index (κ3) is 5.59. The molecule has 5 heteroatoms. The van der Waals surface area contributed by atoms with Crippen LogP contribution in [-0.4, -0.2) is 25.7 Å². The number of anilines is 1. The lowest BCUT2D eigenvalue weighted by Gasteiger charge is -2.13. The third-order valence-electron chi connectivity index (χ3n) is 3.18. The van der Waals surface area contributed by atoms with Crippen LogP contribution in [0.2, 0.25) is 0 Å². The van der Waals surface area contributed by atoms with Gasteiger partial charge in [-0.3, -0.25) is 4.79 Å². The zero-order chi connectivity index (χ0) is 17.2. The fourth-order valence-corrected chi connectivity index (χ4v) is 2.17. The number of hydrogen-bond acceptors (Lipinski definition) is 4. The lowest BCUT2D eigenvalue weighted by molar-refractivity contribution is -0.121. The molecule has 5 nitrogen and oxygen atoms in total. The van der Waals surface area contributed by atoms with Gasteiger partial charge < -0.3 is 19.5 Å². The molecule has 2 rings (SSSR count). The molecule has 2 aromatic carbocycles. The molecule has 0 aliphatic carbocycles. The molecule has 0 unspecified atom stereocenters. The maximum absolute atomic E-state index is 12.1. The predicted molar refractivity (Wildman–Crippen MR) is 93.5 cm³/mol. The van der Waals surface area contributed by atoms with Crippen LogP contribution in [0.4, 0.5) is 5.69 Å². The molecule has 24 heavy (non-hydrogen) atoms. The molecular formula is C19H23NO4. The Morgan fingerprint density at radius 2 is 1.75 bits per heavy atom. The molecule has 2 aromatic rings. The van der Waals surface area contributed by atoms with Gasteiger partial charge in [-0.1, -0.05) is 30.3 Å². The lowest BCUT2D eigenvalue weighted by Crippen LogP contribution is -2.19. The van der Waals surface area contributed by atoms with Crippen LogP contribution in [0, 0.1) is 0 Å². The van der Waals surface area contributed by atoms with Gasteiger partial charge in [0, 0.05) is 6.07 Å². The van der Waals surface area contributed by atoms with E-state index in [0.29, 0.717) is 37.0 Å². The van der Waals surface area contributed by atoms with E-state index in [2.05, 4.69) is 5.32 Å². The van der Waals surface area contributed by atoms with E-state index in [4.69, 9.17) is 14.2 Å². The van der Waals surface area contributed by atoms with Gasteiger partial charge in [-0.2, -0.15) is 0 Å². The van der Waals surface area contributed by atoms with Crippen molar-refractivity contribution in [2.45, 2.75) is 20.5 Å². The van der Waals surface area contributed by atoms with Crippen molar-refractivity contribution in [3.8, 4) is 11.5 Å². The van der Waals surface area contributed by atoms with Crippen LogP contribution < -0.4 is 14.8 Å². The monoisotopic (exact) mass is 329 g/mol. The second-order valence-corrected chi connectivity index (χ2v) is 5.05. The molecule has 0 bridgehead atoms. The summed E-state index contributed by atoms with van der Waals surface area (Å²) in [4.78, 5) is 12.1. The predicted octanol–water partition coefficient (Wildman–Crippen LogP) is 3.64. The Morgan fingerprint density at radius 3 is 2.46 bits per heavy atom. The molecule has 0 radical (unpaired) electrons. The zero-order valence-corrected chi connectivity index (χ0v) is 14.1. The third-order valence-corrected chi connectivity index (χ3v) is 3.18. The van der Waals surface area contributed by atoms with Gasteiger partial charge in [-0.05, 0) is 31.5 Å². The minimum absolute atomic E-state index is 0.0285. The highest BCUT2D eigenvalue weighted by molar-refractivity contribution is 5.93. The minimum atomic E-state index is -0.236. The summed E-state index contributed by atoms with van der Waals surface area (Å²) < 4.78 is 16.4. The van der Waals surface area contributed by atoms with Crippen molar-refractivity contribution in [3.05, 3.63) is 54.1 Å². The molecule has 0 fully saturated rings. The second kappa shape index (κ2) is 9.57. The minimum Gasteiger partial charge on any atom is -0.494 e. The Labute approximate surface area is 142 Å². The summed E-state index contributed by atoms with van der Waals surface area (Å²) in [5.41, 5.74) is 1.61. The van der Waals surface area contributed by atoms with Gasteiger partial charge in [-0.15, -0.1) is 0 Å². The van der Waals surface area contributed by atoms with Gasteiger partial charge in [0.15, 0.2) is 0 Å². The van der Waals surface area contributed by atoms with Crippen molar-refractivity contribution in [2.75, 3.05) is 25.1 Å². The number of carbonyl (C=O) groups excluding carboxylic acids is 1. The van der Waals surface area contributed by atoms with E-state index in [1.807, 2.05) is 50.2 Å². The average Bonchev–Trinajstić information content (AvgIpc) is 2.58. The molecule has 1 N–H and O–H groups in total. The molecule has 0 saturated heterocycles. The number of hydrogen-bond donors (Lipinski definition) is 1. The van der Waals surface area contributed by atoms with Crippen molar-refractivity contribution in [3.63, 3.8) is 0 Å². The van der Waals surface area contributed by atoms with Gasteiger partial charge in [0.05, 0.1) is 25.5 Å². The second-order valence-electron chi connectivity index (χ2n) is 5.05. The van der Waals surface area contributed by atoms with Crippen molar-refractivity contribution >= 4 is 11.6 Å². The lowest BCUT2D eigenvalue weighted by atomic mass is 10.2. The standard InChI is InChI=1S/C19H23NO4/c1-3-23-16-10-11-18(24-4-2)17(12-16)20-19(21)14-22-13-15-8-6-5-7-9-15/h5-12H,3-4,13-14H2,1-2H3,(H,20,21). The highest BCUT2D eigenvalue weighted by Crippen LogP contribution is 2.29. The van der Waals surface area contributed by atoms with E-state index in [9.17, 15) is 4.79 Å². The molecule has 0 spiro atoms. The maximum atomic E-state index is 12.1. The molecule has 128 valence electrons. The number of benzene rings is 2. The van der Waals surface area contributed by atoms with E-state index in [0.717, 1.165) is 5.56 Å². The Bertz CT molecular complexity index is 643. The number of rotatable bonds is 9. The first-order valence-corrected chi connectivity index (χ1v) is 8.04. The summed E-state index contributed by atoms with van der Waals surface area (Å²) in [7, 11) is 0. The van der Waals surface area contributed by atoms with Gasteiger partial charge in [0.1, 0.15) is 18.1 Å². The van der Waals surface area contributed by atoms with Crippen LogP contribution in [0.15, 0.2) is 48.5 Å². The highest BCUT2D eigenvalue weighted by Gasteiger charge is 2.10. The molecule has 0 heterocycles. The normalized spacial score (nSPS) is 10.2. The fraction of sp³-hybridized carbons (Fsp3) is 0.316. The fourth-order valence-electron chi connectivity index (χ4n) is 2.17. The highest BCUT2D eigenvalue weighted by atomic mass is 16.5. The van der Waals surface area contributed by atoms with Crippen LogP contribution in [0.1, 0.15) is 19.4 Å². The van der Waals surface area contributed by atoms with Crippen molar-refractivity contribution in [1.82, 2.24) is 0 Å². The SMILES string of the molecule is CCOc1ccc(OCC)c(NC(=O)COCc2ccccc2)c1. The summed E-state index contributed by atoms with van der Waals surface area (Å²) in [6.45, 7) is 5.24.